The van der Waals surface area contributed by atoms with Gasteiger partial charge in [-0.3, -0.25) is 4.98 Å². The Bertz CT molecular complexity index is 237. The van der Waals surface area contributed by atoms with Crippen molar-refractivity contribution in [2.45, 2.75) is 20.0 Å². The van der Waals surface area contributed by atoms with Gasteiger partial charge in [0.05, 0.1) is 6.10 Å². The van der Waals surface area contributed by atoms with Crippen LogP contribution in [0, 0.1) is 0 Å². The van der Waals surface area contributed by atoms with Gasteiger partial charge >= 0.3 is 0 Å². The highest BCUT2D eigenvalue weighted by Gasteiger charge is 1.98. The van der Waals surface area contributed by atoms with Gasteiger partial charge in [-0.05, 0) is 25.4 Å². The van der Waals surface area contributed by atoms with Crippen LogP contribution >= 0.6 is 0 Å². The molecule has 2 radical (unpaired) electrons. The van der Waals surface area contributed by atoms with Gasteiger partial charge in [0.25, 0.3) is 0 Å². The second-order valence-corrected chi connectivity index (χ2v) is 2.58. The van der Waals surface area contributed by atoms with Crippen LogP contribution in [0.4, 0.5) is 0 Å². The fourth-order valence-corrected chi connectivity index (χ4v) is 0.755. The Morgan fingerprint density at radius 2 is 2.27 bits per heavy atom. The molecular weight excluding hydrogens is 137 g/mol. The van der Waals surface area contributed by atoms with E-state index in [2.05, 4.69) is 4.98 Å². The molecule has 0 spiro atoms. The van der Waals surface area contributed by atoms with Gasteiger partial charge in [-0.15, -0.1) is 0 Å². The van der Waals surface area contributed by atoms with Gasteiger partial charge in [0.1, 0.15) is 13.6 Å². The van der Waals surface area contributed by atoms with Crippen LogP contribution in [0.5, 0.6) is 5.75 Å². The summed E-state index contributed by atoms with van der Waals surface area (Å²) in [5.41, 5.74) is 0.584. The summed E-state index contributed by atoms with van der Waals surface area (Å²) < 4.78 is 5.38. The Kier molecular flexibility index (Phi) is 2.52. The van der Waals surface area contributed by atoms with Crippen molar-refractivity contribution in [3.8, 4) is 5.75 Å². The minimum atomic E-state index is 0.152. The van der Waals surface area contributed by atoms with Gasteiger partial charge in [0.15, 0.2) is 0 Å². The minimum absolute atomic E-state index is 0.152. The van der Waals surface area contributed by atoms with Gasteiger partial charge in [-0.2, -0.15) is 0 Å². The third-order valence-electron chi connectivity index (χ3n) is 1.17. The van der Waals surface area contributed by atoms with Crippen LogP contribution in [-0.2, 0) is 0 Å². The maximum Gasteiger partial charge on any atom is 0.121 e. The smallest absolute Gasteiger partial charge is 0.121 e. The van der Waals surface area contributed by atoms with Crippen LogP contribution < -0.4 is 10.2 Å². The lowest BCUT2D eigenvalue weighted by Crippen LogP contribution is -2.14. The first-order valence-corrected chi connectivity index (χ1v) is 3.56. The first kappa shape index (κ1) is 8.11. The molecule has 56 valence electrons. The van der Waals surface area contributed by atoms with Crippen molar-refractivity contribution in [1.82, 2.24) is 4.98 Å². The quantitative estimate of drug-likeness (QED) is 0.573. The molecule has 1 heterocycles. The number of rotatable bonds is 2. The fourth-order valence-electron chi connectivity index (χ4n) is 0.755. The summed E-state index contributed by atoms with van der Waals surface area (Å²) in [7, 11) is 5.58. The monoisotopic (exact) mass is 147 g/mol. The van der Waals surface area contributed by atoms with E-state index >= 15 is 0 Å². The largest absolute Gasteiger partial charge is 0.492 e. The summed E-state index contributed by atoms with van der Waals surface area (Å²) in [5, 5.41) is 0. The van der Waals surface area contributed by atoms with Crippen molar-refractivity contribution < 1.29 is 4.74 Å². The molecule has 0 saturated carbocycles. The second-order valence-electron chi connectivity index (χ2n) is 2.58. The Morgan fingerprint density at radius 1 is 1.55 bits per heavy atom. The zero-order chi connectivity index (χ0) is 8.27. The zero-order valence-corrected chi connectivity index (χ0v) is 6.74. The number of ether oxygens (including phenoxy) is 1. The number of aromatic nitrogens is 1. The van der Waals surface area contributed by atoms with E-state index in [9.17, 15) is 0 Å². The van der Waals surface area contributed by atoms with Crippen LogP contribution in [0.25, 0.3) is 0 Å². The molecule has 0 amide bonds. The van der Waals surface area contributed by atoms with E-state index in [1.54, 1.807) is 18.5 Å². The van der Waals surface area contributed by atoms with Gasteiger partial charge in [-0.25, -0.2) is 0 Å². The van der Waals surface area contributed by atoms with Crippen LogP contribution in [0.15, 0.2) is 18.5 Å². The molecule has 0 saturated heterocycles. The summed E-state index contributed by atoms with van der Waals surface area (Å²) in [6, 6.07) is 1.76. The molecule has 0 aliphatic rings. The van der Waals surface area contributed by atoms with Gasteiger partial charge in [0, 0.05) is 12.4 Å². The molecule has 0 aliphatic carbocycles. The summed E-state index contributed by atoms with van der Waals surface area (Å²) in [4.78, 5) is 3.85. The molecule has 1 aromatic heterocycles. The topological polar surface area (TPSA) is 22.1 Å². The highest BCUT2D eigenvalue weighted by molar-refractivity contribution is 6.34. The predicted molar refractivity (Wildman–Crippen MR) is 45.4 cm³/mol. The lowest BCUT2D eigenvalue weighted by molar-refractivity contribution is 0.244. The van der Waals surface area contributed by atoms with Crippen molar-refractivity contribution in [2.75, 3.05) is 0 Å². The van der Waals surface area contributed by atoms with E-state index < -0.39 is 0 Å². The molecule has 0 aromatic carbocycles. The highest BCUT2D eigenvalue weighted by Crippen LogP contribution is 2.05. The molecule has 1 aromatic rings. The fraction of sp³-hybridized carbons (Fsp3) is 0.375. The van der Waals surface area contributed by atoms with Gasteiger partial charge in [0.2, 0.25) is 0 Å². The van der Waals surface area contributed by atoms with Crippen LogP contribution in [0.2, 0.25) is 0 Å². The normalized spacial score (nSPS) is 10.1. The molecule has 0 atom stereocenters. The molecule has 1 rings (SSSR count). The molecule has 0 N–H and O–H groups in total. The summed E-state index contributed by atoms with van der Waals surface area (Å²) >= 11 is 0. The van der Waals surface area contributed by atoms with Gasteiger partial charge < -0.3 is 4.74 Å². The Labute approximate surface area is 68.0 Å². The third-order valence-corrected chi connectivity index (χ3v) is 1.17. The number of nitrogens with zero attached hydrogens (tertiary/aromatic N) is 1. The Morgan fingerprint density at radius 3 is 2.82 bits per heavy atom. The molecule has 3 heteroatoms. The molecule has 0 fully saturated rings. The molecule has 0 unspecified atom stereocenters. The molecule has 0 bridgehead atoms. The van der Waals surface area contributed by atoms with Gasteiger partial charge in [-0.1, -0.05) is 0 Å². The SMILES string of the molecule is [B]c1cnccc1OC(C)C. The predicted octanol–water partition coefficient (Wildman–Crippen LogP) is 0.663. The van der Waals surface area contributed by atoms with E-state index in [4.69, 9.17) is 12.6 Å². The van der Waals surface area contributed by atoms with Crippen LogP contribution in [-0.4, -0.2) is 18.9 Å². The van der Waals surface area contributed by atoms with Crippen molar-refractivity contribution in [2.24, 2.45) is 0 Å². The van der Waals surface area contributed by atoms with E-state index in [0.717, 1.165) is 0 Å². The van der Waals surface area contributed by atoms with Crippen molar-refractivity contribution in [3.05, 3.63) is 18.5 Å². The summed E-state index contributed by atoms with van der Waals surface area (Å²) in [6.07, 6.45) is 3.39. The van der Waals surface area contributed by atoms with Crippen LogP contribution in [0.1, 0.15) is 13.8 Å². The molecular formula is C8H10BNO. The minimum Gasteiger partial charge on any atom is -0.492 e. The summed E-state index contributed by atoms with van der Waals surface area (Å²) in [5.74, 6) is 0.704. The average Bonchev–Trinajstić information content (AvgIpc) is 1.93. The lowest BCUT2D eigenvalue weighted by atomic mass is 9.98. The van der Waals surface area contributed by atoms with Crippen molar-refractivity contribution in [3.63, 3.8) is 0 Å². The Hall–Kier alpha value is -0.985. The van der Waals surface area contributed by atoms with E-state index in [1.165, 1.54) is 0 Å². The average molecular weight is 147 g/mol. The van der Waals surface area contributed by atoms with E-state index in [1.807, 2.05) is 13.8 Å². The number of hydrogen-bond acceptors (Lipinski definition) is 2. The second kappa shape index (κ2) is 3.42. The number of pyridine rings is 1. The number of hydrogen-bond donors (Lipinski definition) is 0. The first-order valence-electron chi connectivity index (χ1n) is 3.56. The molecule has 0 aliphatic heterocycles. The highest BCUT2D eigenvalue weighted by atomic mass is 16.5. The molecule has 11 heavy (non-hydrogen) atoms. The maximum absolute atomic E-state index is 5.58. The standard InChI is InChI=1S/C8H10BNO/c1-6(2)11-8-3-4-10-5-7(8)9/h3-6H,1-2H3. The lowest BCUT2D eigenvalue weighted by Gasteiger charge is -2.11. The maximum atomic E-state index is 5.58. The molecule has 2 nitrogen and oxygen atoms in total. The third kappa shape index (κ3) is 2.26. The van der Waals surface area contributed by atoms with E-state index in [0.29, 0.717) is 11.2 Å². The zero-order valence-electron chi connectivity index (χ0n) is 6.74. The summed E-state index contributed by atoms with van der Waals surface area (Å²) in [6.45, 7) is 3.92. The van der Waals surface area contributed by atoms with Crippen molar-refractivity contribution in [1.29, 1.82) is 0 Å². The van der Waals surface area contributed by atoms with Crippen LogP contribution in [0.3, 0.4) is 0 Å². The van der Waals surface area contributed by atoms with Crippen molar-refractivity contribution >= 4 is 13.3 Å². The van der Waals surface area contributed by atoms with E-state index in [-0.39, 0.29) is 6.10 Å². The Balaban J connectivity index is 2.78. The first-order chi connectivity index (χ1) is 5.20.